The van der Waals surface area contributed by atoms with Gasteiger partial charge < -0.3 is 4.98 Å². The van der Waals surface area contributed by atoms with E-state index in [-0.39, 0.29) is 21.4 Å². The number of aromatic nitrogens is 1. The summed E-state index contributed by atoms with van der Waals surface area (Å²) in [5.41, 5.74) is 0.182. The van der Waals surface area contributed by atoms with Crippen LogP contribution in [0.4, 0.5) is 0 Å². The van der Waals surface area contributed by atoms with Crippen molar-refractivity contribution in [2.45, 2.75) is 9.79 Å². The number of benzene rings is 2. The average Bonchev–Trinajstić information content (AvgIpc) is 2.61. The second-order valence-corrected chi connectivity index (χ2v) is 6.92. The van der Waals surface area contributed by atoms with Crippen LogP contribution in [0.15, 0.2) is 63.2 Å². The summed E-state index contributed by atoms with van der Waals surface area (Å²) >= 11 is 0. The molecule has 0 fully saturated rings. The highest BCUT2D eigenvalue weighted by Gasteiger charge is 2.23. The van der Waals surface area contributed by atoms with E-state index in [1.54, 1.807) is 6.07 Å². The highest BCUT2D eigenvalue weighted by molar-refractivity contribution is 7.91. The van der Waals surface area contributed by atoms with Crippen LogP contribution in [0, 0.1) is 22.7 Å². The first-order valence-corrected chi connectivity index (χ1v) is 8.26. The Morgan fingerprint density at radius 3 is 2.38 bits per heavy atom. The van der Waals surface area contributed by atoms with Crippen molar-refractivity contribution in [2.75, 3.05) is 0 Å². The maximum absolute atomic E-state index is 12.7. The molecule has 0 unspecified atom stereocenters. The van der Waals surface area contributed by atoms with Crippen LogP contribution in [0.25, 0.3) is 10.9 Å². The number of rotatable bonds is 2. The molecule has 1 N–H and O–H groups in total. The van der Waals surface area contributed by atoms with E-state index in [1.165, 1.54) is 36.4 Å². The Balaban J connectivity index is 2.29. The topological polar surface area (TPSA) is 115 Å². The molecule has 0 aliphatic heterocycles. The number of nitrogens with one attached hydrogen (secondary N) is 1. The monoisotopic (exact) mass is 335 g/mol. The summed E-state index contributed by atoms with van der Waals surface area (Å²) in [6.07, 6.45) is 1.13. The molecule has 24 heavy (non-hydrogen) atoms. The largest absolute Gasteiger partial charge is 0.360 e. The standard InChI is InChI=1S/C17H9N3O3S/c18-8-11-2-1-3-13(6-11)24(22,23)16-10-20-15-5-4-12(9-19)7-14(15)17(16)21/h1-7,10H,(H,20,21). The summed E-state index contributed by atoms with van der Waals surface area (Å²) in [7, 11) is -4.09. The molecule has 0 aliphatic rings. The van der Waals surface area contributed by atoms with E-state index in [4.69, 9.17) is 10.5 Å². The van der Waals surface area contributed by atoms with Crippen molar-refractivity contribution in [1.29, 1.82) is 10.5 Å². The smallest absolute Gasteiger partial charge is 0.211 e. The lowest BCUT2D eigenvalue weighted by atomic mass is 10.1. The molecule has 0 saturated heterocycles. The van der Waals surface area contributed by atoms with Crippen molar-refractivity contribution in [3.63, 3.8) is 0 Å². The van der Waals surface area contributed by atoms with Gasteiger partial charge >= 0.3 is 0 Å². The number of aromatic amines is 1. The molecule has 0 radical (unpaired) electrons. The third-order valence-electron chi connectivity index (χ3n) is 3.54. The highest BCUT2D eigenvalue weighted by Crippen LogP contribution is 2.20. The molecule has 0 bridgehead atoms. The van der Waals surface area contributed by atoms with E-state index in [1.807, 2.05) is 12.1 Å². The first-order valence-electron chi connectivity index (χ1n) is 6.78. The third kappa shape index (κ3) is 2.43. The number of hydrogen-bond acceptors (Lipinski definition) is 5. The molecule has 0 saturated carbocycles. The number of hydrogen-bond donors (Lipinski definition) is 1. The van der Waals surface area contributed by atoms with Crippen molar-refractivity contribution < 1.29 is 8.42 Å². The van der Waals surface area contributed by atoms with Crippen LogP contribution in [-0.2, 0) is 9.84 Å². The Morgan fingerprint density at radius 1 is 0.958 bits per heavy atom. The van der Waals surface area contributed by atoms with Crippen molar-refractivity contribution in [3.8, 4) is 12.1 Å². The molecule has 0 amide bonds. The second kappa shape index (κ2) is 5.65. The van der Waals surface area contributed by atoms with Crippen LogP contribution in [0.1, 0.15) is 11.1 Å². The Kier molecular flexibility index (Phi) is 3.64. The summed E-state index contributed by atoms with van der Waals surface area (Å²) in [5.74, 6) is 0. The fourth-order valence-corrected chi connectivity index (χ4v) is 3.69. The summed E-state index contributed by atoms with van der Waals surface area (Å²) in [6.45, 7) is 0. The van der Waals surface area contributed by atoms with Crippen LogP contribution in [0.2, 0.25) is 0 Å². The molecule has 1 aromatic heterocycles. The van der Waals surface area contributed by atoms with Crippen molar-refractivity contribution in [1.82, 2.24) is 4.98 Å². The molecule has 0 atom stereocenters. The van der Waals surface area contributed by atoms with E-state index in [9.17, 15) is 13.2 Å². The number of sulfone groups is 1. The van der Waals surface area contributed by atoms with Gasteiger partial charge in [-0.1, -0.05) is 6.07 Å². The SMILES string of the molecule is N#Cc1cccc(S(=O)(=O)c2c[nH]c3ccc(C#N)cc3c2=O)c1. The molecule has 116 valence electrons. The van der Waals surface area contributed by atoms with Gasteiger partial charge in [-0.2, -0.15) is 10.5 Å². The Bertz CT molecular complexity index is 1210. The van der Waals surface area contributed by atoms with Gasteiger partial charge in [0.25, 0.3) is 0 Å². The van der Waals surface area contributed by atoms with Crippen LogP contribution in [0.5, 0.6) is 0 Å². The first kappa shape index (κ1) is 15.5. The molecule has 7 heteroatoms. The first-order chi connectivity index (χ1) is 11.5. The number of H-pyrrole nitrogens is 1. The van der Waals surface area contributed by atoms with E-state index >= 15 is 0 Å². The third-order valence-corrected chi connectivity index (χ3v) is 5.30. The minimum atomic E-state index is -4.09. The molecular formula is C17H9N3O3S. The summed E-state index contributed by atoms with van der Waals surface area (Å²) in [6, 6.07) is 13.6. The molecule has 0 aliphatic carbocycles. The molecule has 2 aromatic carbocycles. The van der Waals surface area contributed by atoms with Gasteiger partial charge in [0.05, 0.1) is 28.2 Å². The van der Waals surface area contributed by atoms with Gasteiger partial charge in [0.1, 0.15) is 4.90 Å². The van der Waals surface area contributed by atoms with Crippen LogP contribution in [0.3, 0.4) is 0 Å². The Hall–Kier alpha value is -3.42. The normalized spacial score (nSPS) is 10.9. The van der Waals surface area contributed by atoms with E-state index in [2.05, 4.69) is 4.98 Å². The maximum atomic E-state index is 12.7. The van der Waals surface area contributed by atoms with E-state index < -0.39 is 20.2 Å². The highest BCUT2D eigenvalue weighted by atomic mass is 32.2. The number of nitrogens with zero attached hydrogens (tertiary/aromatic N) is 2. The van der Waals surface area contributed by atoms with E-state index in [0.29, 0.717) is 5.52 Å². The summed E-state index contributed by atoms with van der Waals surface area (Å²) in [4.78, 5) is 14.8. The van der Waals surface area contributed by atoms with Crippen molar-refractivity contribution in [3.05, 3.63) is 70.0 Å². The molecule has 1 heterocycles. The van der Waals surface area contributed by atoms with Crippen LogP contribution in [-0.4, -0.2) is 13.4 Å². The molecule has 6 nitrogen and oxygen atoms in total. The number of fused-ring (bicyclic) bond motifs is 1. The Labute approximate surface area is 137 Å². The van der Waals surface area contributed by atoms with Gasteiger partial charge in [0.2, 0.25) is 15.3 Å². The van der Waals surface area contributed by atoms with Crippen molar-refractivity contribution >= 4 is 20.7 Å². The minimum absolute atomic E-state index is 0.117. The molecule has 3 aromatic rings. The molecule has 0 spiro atoms. The fourth-order valence-electron chi connectivity index (χ4n) is 2.33. The summed E-state index contributed by atoms with van der Waals surface area (Å²) in [5, 5.41) is 18.0. The van der Waals surface area contributed by atoms with Gasteiger partial charge in [-0.3, -0.25) is 4.79 Å². The van der Waals surface area contributed by atoms with Gasteiger partial charge in [-0.05, 0) is 36.4 Å². The van der Waals surface area contributed by atoms with Crippen LogP contribution < -0.4 is 5.43 Å². The zero-order valence-corrected chi connectivity index (χ0v) is 13.0. The van der Waals surface area contributed by atoms with E-state index in [0.717, 1.165) is 6.20 Å². The lowest BCUT2D eigenvalue weighted by Crippen LogP contribution is -2.16. The summed E-state index contributed by atoms with van der Waals surface area (Å²) < 4.78 is 25.5. The van der Waals surface area contributed by atoms with Gasteiger partial charge in [0, 0.05) is 17.1 Å². The second-order valence-electron chi connectivity index (χ2n) is 5.00. The molecular weight excluding hydrogens is 326 g/mol. The predicted octanol–water partition coefficient (Wildman–Crippen LogP) is 2.10. The van der Waals surface area contributed by atoms with Crippen molar-refractivity contribution in [2.24, 2.45) is 0 Å². The fraction of sp³-hybridized carbons (Fsp3) is 0. The predicted molar refractivity (Wildman–Crippen MR) is 85.9 cm³/mol. The lowest BCUT2D eigenvalue weighted by molar-refractivity contribution is 0.595. The van der Waals surface area contributed by atoms with Gasteiger partial charge in [0.15, 0.2) is 0 Å². The number of nitriles is 2. The van der Waals surface area contributed by atoms with Gasteiger partial charge in [-0.15, -0.1) is 0 Å². The molecule has 3 rings (SSSR count). The average molecular weight is 335 g/mol. The maximum Gasteiger partial charge on any atom is 0.211 e. The Morgan fingerprint density at radius 2 is 1.67 bits per heavy atom. The number of pyridine rings is 1. The lowest BCUT2D eigenvalue weighted by Gasteiger charge is -2.06. The zero-order chi connectivity index (χ0) is 17.3. The quantitative estimate of drug-likeness (QED) is 0.770. The van der Waals surface area contributed by atoms with Crippen LogP contribution >= 0.6 is 0 Å². The van der Waals surface area contributed by atoms with Gasteiger partial charge in [-0.25, -0.2) is 8.42 Å². The zero-order valence-electron chi connectivity index (χ0n) is 12.1. The minimum Gasteiger partial charge on any atom is -0.360 e.